The molecule has 0 saturated carbocycles. The van der Waals surface area contributed by atoms with Crippen LogP contribution in [0.2, 0.25) is 0 Å². The number of ether oxygens (including phenoxy) is 1. The molecule has 2 aromatic carbocycles. The van der Waals surface area contributed by atoms with Gasteiger partial charge >= 0.3 is 0 Å². The van der Waals surface area contributed by atoms with Gasteiger partial charge in [0.2, 0.25) is 21.8 Å². The molecular formula is C25H34FN3O5S. The highest BCUT2D eigenvalue weighted by molar-refractivity contribution is 7.92. The molecule has 2 aromatic rings. The number of nitrogens with one attached hydrogen (secondary N) is 1. The van der Waals surface area contributed by atoms with Gasteiger partial charge in [-0.05, 0) is 49.6 Å². The third-order valence-electron chi connectivity index (χ3n) is 5.50. The summed E-state index contributed by atoms with van der Waals surface area (Å²) in [4.78, 5) is 27.3. The van der Waals surface area contributed by atoms with Crippen LogP contribution in [-0.2, 0) is 26.2 Å². The molecule has 0 spiro atoms. The summed E-state index contributed by atoms with van der Waals surface area (Å²) in [7, 11) is -2.20. The van der Waals surface area contributed by atoms with Crippen molar-refractivity contribution in [2.75, 3.05) is 30.8 Å². The second-order valence-electron chi connectivity index (χ2n) is 8.23. The Morgan fingerprint density at radius 1 is 1.11 bits per heavy atom. The average molecular weight is 508 g/mol. The van der Waals surface area contributed by atoms with E-state index in [0.717, 1.165) is 22.5 Å². The number of benzene rings is 2. The number of carbonyl (C=O) groups is 2. The fourth-order valence-electron chi connectivity index (χ4n) is 3.54. The van der Waals surface area contributed by atoms with Crippen LogP contribution in [0.3, 0.4) is 0 Å². The number of amides is 2. The third-order valence-corrected chi connectivity index (χ3v) is 6.68. The van der Waals surface area contributed by atoms with Gasteiger partial charge in [0.1, 0.15) is 17.6 Å². The Balaban J connectivity index is 2.16. The maximum Gasteiger partial charge on any atom is 0.242 e. The molecule has 0 fully saturated rings. The van der Waals surface area contributed by atoms with Crippen LogP contribution in [0.15, 0.2) is 48.5 Å². The minimum Gasteiger partial charge on any atom is -0.497 e. The maximum atomic E-state index is 14.2. The number of rotatable bonds is 13. The lowest BCUT2D eigenvalue weighted by Gasteiger charge is -2.29. The molecule has 2 rings (SSSR count). The fraction of sp³-hybridized carbons (Fsp3) is 0.440. The molecule has 0 aliphatic heterocycles. The molecule has 10 heteroatoms. The van der Waals surface area contributed by atoms with Crippen LogP contribution >= 0.6 is 0 Å². The van der Waals surface area contributed by atoms with Crippen molar-refractivity contribution in [2.24, 2.45) is 0 Å². The first-order chi connectivity index (χ1) is 16.6. The number of hydrogen-bond acceptors (Lipinski definition) is 5. The minimum atomic E-state index is -3.76. The van der Waals surface area contributed by atoms with Crippen LogP contribution in [0.4, 0.5) is 10.1 Å². The summed E-state index contributed by atoms with van der Waals surface area (Å²) >= 11 is 0. The second kappa shape index (κ2) is 13.1. The topological polar surface area (TPSA) is 96.0 Å². The van der Waals surface area contributed by atoms with Gasteiger partial charge in [-0.15, -0.1) is 0 Å². The first-order valence-electron chi connectivity index (χ1n) is 11.5. The molecule has 0 heterocycles. The van der Waals surface area contributed by atoms with Crippen molar-refractivity contribution >= 4 is 27.5 Å². The van der Waals surface area contributed by atoms with E-state index in [-0.39, 0.29) is 43.4 Å². The Morgan fingerprint density at radius 2 is 1.77 bits per heavy atom. The SMILES string of the molecule is CCCNC(=O)[C@H](C)N(Cc1ccc(OC)cc1)C(=O)CCCN(c1ccccc1F)S(C)(=O)=O. The number of methoxy groups -OCH3 is 1. The summed E-state index contributed by atoms with van der Waals surface area (Å²) in [6.07, 6.45) is 1.91. The van der Waals surface area contributed by atoms with Crippen LogP contribution in [-0.4, -0.2) is 57.6 Å². The number of para-hydroxylation sites is 1. The Morgan fingerprint density at radius 3 is 2.34 bits per heavy atom. The minimum absolute atomic E-state index is 0.0119. The maximum absolute atomic E-state index is 14.2. The predicted molar refractivity (Wildman–Crippen MR) is 134 cm³/mol. The van der Waals surface area contributed by atoms with E-state index in [0.29, 0.717) is 12.3 Å². The Kier molecular flexibility index (Phi) is 10.5. The Bertz CT molecular complexity index is 1090. The first-order valence-corrected chi connectivity index (χ1v) is 13.4. The molecule has 2 amide bonds. The smallest absolute Gasteiger partial charge is 0.242 e. The lowest BCUT2D eigenvalue weighted by atomic mass is 10.1. The largest absolute Gasteiger partial charge is 0.497 e. The van der Waals surface area contributed by atoms with Crippen LogP contribution < -0.4 is 14.4 Å². The highest BCUT2D eigenvalue weighted by Gasteiger charge is 2.27. The van der Waals surface area contributed by atoms with Crippen molar-refractivity contribution in [3.05, 3.63) is 59.9 Å². The van der Waals surface area contributed by atoms with E-state index in [2.05, 4.69) is 5.32 Å². The van der Waals surface area contributed by atoms with E-state index in [1.807, 2.05) is 19.1 Å². The Labute approximate surface area is 207 Å². The average Bonchev–Trinajstić information content (AvgIpc) is 2.83. The van der Waals surface area contributed by atoms with Crippen molar-refractivity contribution < 1.29 is 27.1 Å². The van der Waals surface area contributed by atoms with Gasteiger partial charge in [0.05, 0.1) is 19.1 Å². The molecule has 0 unspecified atom stereocenters. The highest BCUT2D eigenvalue weighted by Crippen LogP contribution is 2.22. The molecule has 8 nitrogen and oxygen atoms in total. The van der Waals surface area contributed by atoms with E-state index in [1.54, 1.807) is 32.2 Å². The first kappa shape index (κ1) is 28.1. The summed E-state index contributed by atoms with van der Waals surface area (Å²) < 4.78 is 44.9. The molecule has 0 aliphatic rings. The van der Waals surface area contributed by atoms with E-state index in [9.17, 15) is 22.4 Å². The number of sulfonamides is 1. The van der Waals surface area contributed by atoms with Gasteiger partial charge in [-0.25, -0.2) is 12.8 Å². The van der Waals surface area contributed by atoms with Gasteiger partial charge in [-0.2, -0.15) is 0 Å². The number of anilines is 1. The molecule has 1 N–H and O–H groups in total. The van der Waals surface area contributed by atoms with Crippen LogP contribution in [0.5, 0.6) is 5.75 Å². The quantitative estimate of drug-likeness (QED) is 0.449. The van der Waals surface area contributed by atoms with Gasteiger partial charge < -0.3 is 15.0 Å². The van der Waals surface area contributed by atoms with Crippen molar-refractivity contribution in [3.63, 3.8) is 0 Å². The zero-order valence-corrected chi connectivity index (χ0v) is 21.5. The van der Waals surface area contributed by atoms with Gasteiger partial charge in [-0.1, -0.05) is 31.2 Å². The molecule has 1 atom stereocenters. The second-order valence-corrected chi connectivity index (χ2v) is 10.1. The zero-order valence-electron chi connectivity index (χ0n) is 20.7. The molecular weight excluding hydrogens is 473 g/mol. The highest BCUT2D eigenvalue weighted by atomic mass is 32.2. The van der Waals surface area contributed by atoms with Gasteiger partial charge in [0.25, 0.3) is 0 Å². The van der Waals surface area contributed by atoms with Crippen LogP contribution in [0.25, 0.3) is 0 Å². The van der Waals surface area contributed by atoms with E-state index in [1.165, 1.54) is 23.1 Å². The summed E-state index contributed by atoms with van der Waals surface area (Å²) in [5.41, 5.74) is 0.753. The standard InChI is InChI=1S/C25H34FN3O5S/c1-5-16-27-25(31)19(2)28(18-20-12-14-21(34-3)15-13-20)24(30)11-8-17-29(35(4,32)33)23-10-7-6-9-22(23)26/h6-7,9-10,12-15,19H,5,8,11,16-18H2,1-4H3,(H,27,31)/t19-/m0/s1. The molecule has 192 valence electrons. The van der Waals surface area contributed by atoms with E-state index in [4.69, 9.17) is 4.74 Å². The summed E-state index contributed by atoms with van der Waals surface area (Å²) in [5, 5.41) is 2.81. The number of nitrogens with zero attached hydrogens (tertiary/aromatic N) is 2. The summed E-state index contributed by atoms with van der Waals surface area (Å²) in [5.74, 6) is -0.555. The van der Waals surface area contributed by atoms with Crippen LogP contribution in [0, 0.1) is 5.82 Å². The zero-order chi connectivity index (χ0) is 26.0. The summed E-state index contributed by atoms with van der Waals surface area (Å²) in [6, 6.07) is 12.1. The van der Waals surface area contributed by atoms with Crippen molar-refractivity contribution in [1.29, 1.82) is 0 Å². The molecule has 0 radical (unpaired) electrons. The monoisotopic (exact) mass is 507 g/mol. The molecule has 0 bridgehead atoms. The summed E-state index contributed by atoms with van der Waals surface area (Å²) in [6.45, 7) is 4.23. The van der Waals surface area contributed by atoms with Crippen LogP contribution in [0.1, 0.15) is 38.7 Å². The lowest BCUT2D eigenvalue weighted by Crippen LogP contribution is -2.47. The molecule has 0 aromatic heterocycles. The third kappa shape index (κ3) is 8.24. The molecule has 0 aliphatic carbocycles. The van der Waals surface area contributed by atoms with E-state index < -0.39 is 21.9 Å². The fourth-order valence-corrected chi connectivity index (χ4v) is 4.51. The van der Waals surface area contributed by atoms with Gasteiger partial charge in [-0.3, -0.25) is 13.9 Å². The van der Waals surface area contributed by atoms with Gasteiger partial charge in [0.15, 0.2) is 0 Å². The van der Waals surface area contributed by atoms with Crippen molar-refractivity contribution in [3.8, 4) is 5.75 Å². The van der Waals surface area contributed by atoms with Crippen molar-refractivity contribution in [2.45, 2.75) is 45.7 Å². The van der Waals surface area contributed by atoms with Crippen molar-refractivity contribution in [1.82, 2.24) is 10.2 Å². The number of hydrogen-bond donors (Lipinski definition) is 1. The molecule has 35 heavy (non-hydrogen) atoms. The predicted octanol–water partition coefficient (Wildman–Crippen LogP) is 3.32. The Hall–Kier alpha value is -3.14. The molecule has 0 saturated heterocycles. The number of halogens is 1. The normalized spacial score (nSPS) is 12.0. The number of carbonyl (C=O) groups excluding carboxylic acids is 2. The van der Waals surface area contributed by atoms with E-state index >= 15 is 0 Å². The van der Waals surface area contributed by atoms with Gasteiger partial charge in [0, 0.05) is 26.1 Å². The lowest BCUT2D eigenvalue weighted by molar-refractivity contribution is -0.140.